The van der Waals surface area contributed by atoms with E-state index in [1.807, 2.05) is 54.7 Å². The van der Waals surface area contributed by atoms with Gasteiger partial charge in [0.15, 0.2) is 0 Å². The van der Waals surface area contributed by atoms with Crippen LogP contribution in [0.4, 0.5) is 0 Å². The molecule has 3 aromatic carbocycles. The molecule has 0 N–H and O–H groups in total. The second-order valence-electron chi connectivity index (χ2n) is 6.94. The van der Waals surface area contributed by atoms with Gasteiger partial charge in [-0.25, -0.2) is 9.97 Å². The summed E-state index contributed by atoms with van der Waals surface area (Å²) in [6.45, 7) is 0. The molecule has 3 heteroatoms. The Morgan fingerprint density at radius 3 is 1.72 bits per heavy atom. The maximum Gasteiger partial charge on any atom is 0.111 e. The van der Waals surface area contributed by atoms with Gasteiger partial charge in [-0.1, -0.05) is 91.0 Å². The summed E-state index contributed by atoms with van der Waals surface area (Å²) in [5.74, 6) is 0. The molecule has 0 aliphatic rings. The summed E-state index contributed by atoms with van der Waals surface area (Å²) in [4.78, 5) is 14.8. The van der Waals surface area contributed by atoms with Gasteiger partial charge in [-0.15, -0.1) is 0 Å². The first kappa shape index (κ1) is 17.3. The molecular weight excluding hydrogens is 354 g/mol. The van der Waals surface area contributed by atoms with Gasteiger partial charge in [0.1, 0.15) is 5.52 Å². The number of benzene rings is 3. The summed E-state index contributed by atoms with van der Waals surface area (Å²) >= 11 is 0. The van der Waals surface area contributed by atoms with Crippen molar-refractivity contribution in [1.82, 2.24) is 15.0 Å². The van der Waals surface area contributed by atoms with Crippen molar-refractivity contribution in [2.24, 2.45) is 0 Å². The van der Waals surface area contributed by atoms with Crippen molar-refractivity contribution in [2.75, 3.05) is 0 Å². The Morgan fingerprint density at radius 1 is 0.552 bits per heavy atom. The van der Waals surface area contributed by atoms with Crippen LogP contribution in [-0.4, -0.2) is 15.0 Å². The summed E-state index contributed by atoms with van der Waals surface area (Å²) in [5, 5.41) is 0. The molecule has 0 aliphatic carbocycles. The van der Waals surface area contributed by atoms with Gasteiger partial charge >= 0.3 is 0 Å². The quantitative estimate of drug-likeness (QED) is 0.391. The number of hydrogen-bond donors (Lipinski definition) is 0. The topological polar surface area (TPSA) is 38.7 Å². The van der Waals surface area contributed by atoms with Crippen LogP contribution < -0.4 is 0 Å². The maximum absolute atomic E-state index is 5.09. The maximum atomic E-state index is 5.09. The van der Waals surface area contributed by atoms with Crippen molar-refractivity contribution in [3.63, 3.8) is 0 Å². The Kier molecular flexibility index (Phi) is 4.55. The van der Waals surface area contributed by atoms with Crippen LogP contribution in [0, 0.1) is 0 Å². The van der Waals surface area contributed by atoms with Crippen molar-refractivity contribution in [3.05, 3.63) is 115 Å². The number of hydrogen-bond acceptors (Lipinski definition) is 3. The largest absolute Gasteiger partial charge is 0.259 e. The summed E-state index contributed by atoms with van der Waals surface area (Å²) in [5.41, 5.74) is 7.75. The molecule has 29 heavy (non-hydrogen) atoms. The van der Waals surface area contributed by atoms with Crippen molar-refractivity contribution >= 4 is 11.0 Å². The average molecular weight is 373 g/mol. The van der Waals surface area contributed by atoms with Gasteiger partial charge in [-0.05, 0) is 11.6 Å². The Labute approximate surface area is 169 Å². The van der Waals surface area contributed by atoms with Crippen molar-refractivity contribution in [1.29, 1.82) is 0 Å². The molecular formula is C26H19N3. The third-order valence-electron chi connectivity index (χ3n) is 4.97. The van der Waals surface area contributed by atoms with E-state index in [2.05, 4.69) is 53.5 Å². The predicted molar refractivity (Wildman–Crippen MR) is 117 cm³/mol. The van der Waals surface area contributed by atoms with Crippen molar-refractivity contribution < 1.29 is 0 Å². The lowest BCUT2D eigenvalue weighted by Crippen LogP contribution is -2.01. The molecule has 138 valence electrons. The Balaban J connectivity index is 1.74. The van der Waals surface area contributed by atoms with E-state index in [0.29, 0.717) is 0 Å². The highest BCUT2D eigenvalue weighted by molar-refractivity contribution is 5.87. The fourth-order valence-corrected chi connectivity index (χ4v) is 3.55. The number of pyridine rings is 1. The van der Waals surface area contributed by atoms with Crippen LogP contribution in [-0.2, 0) is 6.42 Å². The fraction of sp³-hybridized carbons (Fsp3) is 0.0385. The lowest BCUT2D eigenvalue weighted by Gasteiger charge is -2.12. The highest BCUT2D eigenvalue weighted by Gasteiger charge is 2.15. The first-order chi connectivity index (χ1) is 14.4. The molecule has 0 saturated heterocycles. The van der Waals surface area contributed by atoms with Crippen LogP contribution >= 0.6 is 0 Å². The first-order valence-corrected chi connectivity index (χ1v) is 9.69. The van der Waals surface area contributed by atoms with Gasteiger partial charge in [0, 0.05) is 23.7 Å². The standard InChI is InChI=1S/C26H19N3/c1-4-10-19(11-5-1)18-23-26-22(16-17-27-23)28-24(20-12-6-2-7-13-20)25(29-26)21-14-8-3-9-15-21/h1-17H,18H2. The first-order valence-electron chi connectivity index (χ1n) is 9.69. The van der Waals surface area contributed by atoms with Crippen LogP contribution in [0.2, 0.25) is 0 Å². The van der Waals surface area contributed by atoms with E-state index in [-0.39, 0.29) is 0 Å². The fourth-order valence-electron chi connectivity index (χ4n) is 3.55. The highest BCUT2D eigenvalue weighted by atomic mass is 14.9. The Hall–Kier alpha value is -3.85. The highest BCUT2D eigenvalue weighted by Crippen LogP contribution is 2.31. The minimum Gasteiger partial charge on any atom is -0.259 e. The van der Waals surface area contributed by atoms with E-state index in [9.17, 15) is 0 Å². The van der Waals surface area contributed by atoms with E-state index < -0.39 is 0 Å². The van der Waals surface area contributed by atoms with E-state index >= 15 is 0 Å². The summed E-state index contributed by atoms with van der Waals surface area (Å²) < 4.78 is 0. The monoisotopic (exact) mass is 373 g/mol. The summed E-state index contributed by atoms with van der Waals surface area (Å²) in [7, 11) is 0. The van der Waals surface area contributed by atoms with Gasteiger partial charge in [0.05, 0.1) is 22.6 Å². The lowest BCUT2D eigenvalue weighted by molar-refractivity contribution is 1.08. The minimum absolute atomic E-state index is 0.728. The van der Waals surface area contributed by atoms with Crippen LogP contribution in [0.5, 0.6) is 0 Å². The Bertz CT molecular complexity index is 1250. The molecule has 0 amide bonds. The molecule has 2 aromatic heterocycles. The normalized spacial score (nSPS) is 10.9. The zero-order valence-corrected chi connectivity index (χ0v) is 15.9. The molecule has 0 spiro atoms. The van der Waals surface area contributed by atoms with Gasteiger partial charge in [0.2, 0.25) is 0 Å². The van der Waals surface area contributed by atoms with Crippen LogP contribution in [0.1, 0.15) is 11.3 Å². The minimum atomic E-state index is 0.728. The Morgan fingerprint density at radius 2 is 1.10 bits per heavy atom. The third kappa shape index (κ3) is 3.50. The van der Waals surface area contributed by atoms with E-state index in [0.717, 1.165) is 45.7 Å². The molecule has 3 nitrogen and oxygen atoms in total. The molecule has 0 bridgehead atoms. The lowest BCUT2D eigenvalue weighted by atomic mass is 10.0. The predicted octanol–water partition coefficient (Wildman–Crippen LogP) is 5.95. The molecule has 0 unspecified atom stereocenters. The van der Waals surface area contributed by atoms with Gasteiger partial charge in [-0.2, -0.15) is 0 Å². The summed E-state index contributed by atoms with van der Waals surface area (Å²) in [6, 6.07) is 32.8. The van der Waals surface area contributed by atoms with Crippen LogP contribution in [0.3, 0.4) is 0 Å². The number of nitrogens with zero attached hydrogens (tertiary/aromatic N) is 3. The smallest absolute Gasteiger partial charge is 0.111 e. The molecule has 5 rings (SSSR count). The van der Waals surface area contributed by atoms with Crippen LogP contribution in [0.25, 0.3) is 33.5 Å². The van der Waals surface area contributed by atoms with Crippen molar-refractivity contribution in [2.45, 2.75) is 6.42 Å². The molecule has 0 aliphatic heterocycles. The van der Waals surface area contributed by atoms with E-state index in [1.165, 1.54) is 5.56 Å². The molecule has 0 radical (unpaired) electrons. The molecule has 0 fully saturated rings. The van der Waals surface area contributed by atoms with Gasteiger partial charge in [-0.3, -0.25) is 4.98 Å². The number of rotatable bonds is 4. The SMILES string of the molecule is c1ccc(Cc2nccc3nc(-c4ccccc4)c(-c4ccccc4)nc23)cc1. The zero-order valence-electron chi connectivity index (χ0n) is 15.9. The van der Waals surface area contributed by atoms with E-state index in [4.69, 9.17) is 9.97 Å². The van der Waals surface area contributed by atoms with Gasteiger partial charge in [0.25, 0.3) is 0 Å². The van der Waals surface area contributed by atoms with E-state index in [1.54, 1.807) is 0 Å². The van der Waals surface area contributed by atoms with Gasteiger partial charge < -0.3 is 0 Å². The molecule has 0 saturated carbocycles. The molecule has 0 atom stereocenters. The average Bonchev–Trinajstić information content (AvgIpc) is 2.80. The zero-order chi connectivity index (χ0) is 19.5. The summed E-state index contributed by atoms with van der Waals surface area (Å²) in [6.07, 6.45) is 2.55. The second kappa shape index (κ2) is 7.64. The number of fused-ring (bicyclic) bond motifs is 1. The third-order valence-corrected chi connectivity index (χ3v) is 4.97. The van der Waals surface area contributed by atoms with Crippen LogP contribution in [0.15, 0.2) is 103 Å². The molecule has 5 aromatic rings. The number of aromatic nitrogens is 3. The second-order valence-corrected chi connectivity index (χ2v) is 6.94. The molecule has 2 heterocycles. The van der Waals surface area contributed by atoms with Crippen molar-refractivity contribution in [3.8, 4) is 22.5 Å².